The molecule has 1 amide bonds. The van der Waals surface area contributed by atoms with E-state index in [2.05, 4.69) is 44.9 Å². The Hall–Kier alpha value is -3.49. The molecule has 3 aromatic rings. The maximum absolute atomic E-state index is 13.7. The number of carbonyl (C=O) groups is 1. The van der Waals surface area contributed by atoms with E-state index in [9.17, 15) is 9.59 Å². The van der Waals surface area contributed by atoms with Crippen molar-refractivity contribution < 1.29 is 4.79 Å². The number of aromatic nitrogens is 2. The van der Waals surface area contributed by atoms with Crippen molar-refractivity contribution in [2.45, 2.75) is 38.8 Å². The van der Waals surface area contributed by atoms with Gasteiger partial charge in [-0.15, -0.1) is 0 Å². The molecule has 0 unspecified atom stereocenters. The lowest BCUT2D eigenvalue weighted by Crippen LogP contribution is -2.46. The molecule has 1 saturated heterocycles. The number of hydrogen-bond donors (Lipinski definition) is 3. The van der Waals surface area contributed by atoms with Crippen LogP contribution in [0.1, 0.15) is 47.3 Å². The van der Waals surface area contributed by atoms with E-state index in [4.69, 9.17) is 0 Å². The molecule has 1 aromatic heterocycles. The number of carbonyl (C=O) groups excluding carboxylic acids is 1. The van der Waals surface area contributed by atoms with Crippen molar-refractivity contribution in [3.8, 4) is 5.69 Å². The van der Waals surface area contributed by atoms with E-state index in [-0.39, 0.29) is 29.5 Å². The van der Waals surface area contributed by atoms with Gasteiger partial charge in [0.15, 0.2) is 5.82 Å². The van der Waals surface area contributed by atoms with E-state index in [1.54, 1.807) is 23.0 Å². The number of nitrogens with zero attached hydrogens (tertiary/aromatic N) is 3. The maximum atomic E-state index is 13.7. The number of hydrogen-bond acceptors (Lipinski definition) is 6. The van der Waals surface area contributed by atoms with Gasteiger partial charge in [-0.05, 0) is 48.9 Å². The first-order valence-corrected chi connectivity index (χ1v) is 13.2. The molecule has 2 heterocycles. The second-order valence-corrected chi connectivity index (χ2v) is 10.3. The summed E-state index contributed by atoms with van der Waals surface area (Å²) >= 11 is 0. The van der Waals surface area contributed by atoms with Gasteiger partial charge in [0.05, 0.1) is 11.7 Å². The fourth-order valence-electron chi connectivity index (χ4n) is 4.98. The highest BCUT2D eigenvalue weighted by Gasteiger charge is 2.26. The zero-order valence-corrected chi connectivity index (χ0v) is 21.6. The van der Waals surface area contributed by atoms with Crippen LogP contribution in [0.3, 0.4) is 0 Å². The van der Waals surface area contributed by atoms with Crippen LogP contribution in [-0.4, -0.2) is 59.1 Å². The van der Waals surface area contributed by atoms with Crippen molar-refractivity contribution in [3.63, 3.8) is 0 Å². The summed E-state index contributed by atoms with van der Waals surface area (Å²) in [5, 5.41) is 9.92. The van der Waals surface area contributed by atoms with Gasteiger partial charge in [-0.3, -0.25) is 14.2 Å². The number of nitrogens with one attached hydrogen (secondary N) is 3. The molecule has 8 heteroatoms. The fourth-order valence-corrected chi connectivity index (χ4v) is 4.98. The Balaban J connectivity index is 1.43. The number of rotatable bonds is 9. The number of piperazine rings is 1. The van der Waals surface area contributed by atoms with Crippen molar-refractivity contribution >= 4 is 11.7 Å². The molecule has 3 N–H and O–H groups in total. The summed E-state index contributed by atoms with van der Waals surface area (Å²) in [5.74, 6) is 0.442. The first-order chi connectivity index (χ1) is 18.0. The lowest BCUT2D eigenvalue weighted by Gasteiger charge is -2.33. The van der Waals surface area contributed by atoms with Gasteiger partial charge in [-0.25, -0.2) is 4.98 Å². The Morgan fingerprint density at radius 2 is 1.89 bits per heavy atom. The molecule has 1 aliphatic heterocycles. The zero-order chi connectivity index (χ0) is 25.8. The van der Waals surface area contributed by atoms with Gasteiger partial charge in [0.2, 0.25) is 0 Å². The van der Waals surface area contributed by atoms with E-state index in [1.807, 2.05) is 37.3 Å². The van der Waals surface area contributed by atoms with E-state index >= 15 is 0 Å². The molecule has 2 aromatic carbocycles. The summed E-state index contributed by atoms with van der Waals surface area (Å²) in [6.45, 7) is 9.13. The second kappa shape index (κ2) is 11.3. The van der Waals surface area contributed by atoms with E-state index in [0.717, 1.165) is 56.7 Å². The summed E-state index contributed by atoms with van der Waals surface area (Å²) in [4.78, 5) is 33.3. The molecule has 0 radical (unpaired) electrons. The summed E-state index contributed by atoms with van der Waals surface area (Å²) in [6, 6.07) is 15.9. The molecule has 0 bridgehead atoms. The Bertz CT molecular complexity index is 1280. The third-order valence-electron chi connectivity index (χ3n) is 7.26. The standard InChI is InChI=1S/C29H36N6O2/c1-20-8-9-23(28(36)32-24-10-11-24)18-25(20)35-17-14-31-27(29(35)37)33-26(22-6-4-3-5-7-22)21(2)19-34-15-12-30-13-16-34/h3-9,14,17-18,21,24,26,30H,10-13,15-16,19H2,1-2H3,(H,31,33)(H,32,36)/t21-,26+/m0/s1. The zero-order valence-electron chi connectivity index (χ0n) is 21.6. The first-order valence-electron chi connectivity index (χ1n) is 13.2. The van der Waals surface area contributed by atoms with Crippen molar-refractivity contribution in [1.82, 2.24) is 25.1 Å². The van der Waals surface area contributed by atoms with Crippen LogP contribution in [0.5, 0.6) is 0 Å². The number of aryl methyl sites for hydroxylation is 1. The number of amides is 1. The topological polar surface area (TPSA) is 91.3 Å². The van der Waals surface area contributed by atoms with Crippen molar-refractivity contribution in [2.24, 2.45) is 5.92 Å². The van der Waals surface area contributed by atoms with Gasteiger partial charge >= 0.3 is 0 Å². The van der Waals surface area contributed by atoms with E-state index in [1.165, 1.54) is 0 Å². The van der Waals surface area contributed by atoms with Crippen LogP contribution in [0.4, 0.5) is 5.82 Å². The minimum absolute atomic E-state index is 0.0797. The van der Waals surface area contributed by atoms with Gasteiger partial charge in [0.1, 0.15) is 0 Å². The normalized spacial score (nSPS) is 17.7. The van der Waals surface area contributed by atoms with Crippen LogP contribution >= 0.6 is 0 Å². The Morgan fingerprint density at radius 3 is 2.62 bits per heavy atom. The molecule has 194 valence electrons. The van der Waals surface area contributed by atoms with Crippen molar-refractivity contribution in [2.75, 3.05) is 38.0 Å². The molecule has 0 spiro atoms. The molecule has 2 fully saturated rings. The molecular weight excluding hydrogens is 464 g/mol. The predicted octanol–water partition coefficient (Wildman–Crippen LogP) is 3.13. The minimum Gasteiger partial charge on any atom is -0.358 e. The summed E-state index contributed by atoms with van der Waals surface area (Å²) in [5.41, 5.74) is 3.03. The summed E-state index contributed by atoms with van der Waals surface area (Å²) in [7, 11) is 0. The lowest BCUT2D eigenvalue weighted by atomic mass is 9.93. The molecule has 37 heavy (non-hydrogen) atoms. The molecule has 1 saturated carbocycles. The molecule has 8 nitrogen and oxygen atoms in total. The van der Waals surface area contributed by atoms with Crippen LogP contribution in [0, 0.1) is 12.8 Å². The van der Waals surface area contributed by atoms with E-state index in [0.29, 0.717) is 17.1 Å². The summed E-state index contributed by atoms with van der Waals surface area (Å²) < 4.78 is 1.58. The quantitative estimate of drug-likeness (QED) is 0.418. The van der Waals surface area contributed by atoms with Gasteiger partial charge in [-0.2, -0.15) is 0 Å². The van der Waals surface area contributed by atoms with Crippen LogP contribution in [-0.2, 0) is 0 Å². The van der Waals surface area contributed by atoms with Gasteiger partial charge in [-0.1, -0.05) is 43.3 Å². The predicted molar refractivity (Wildman–Crippen MR) is 146 cm³/mol. The number of anilines is 1. The fraction of sp³-hybridized carbons (Fsp3) is 0.414. The van der Waals surface area contributed by atoms with Gasteiger partial charge in [0.25, 0.3) is 11.5 Å². The largest absolute Gasteiger partial charge is 0.358 e. The maximum Gasteiger partial charge on any atom is 0.297 e. The lowest BCUT2D eigenvalue weighted by molar-refractivity contribution is 0.0951. The van der Waals surface area contributed by atoms with E-state index < -0.39 is 0 Å². The highest BCUT2D eigenvalue weighted by molar-refractivity contribution is 5.95. The van der Waals surface area contributed by atoms with Gasteiger partial charge < -0.3 is 20.9 Å². The molecule has 5 rings (SSSR count). The Labute approximate surface area is 218 Å². The smallest absolute Gasteiger partial charge is 0.297 e. The Kier molecular flexibility index (Phi) is 7.67. The molecular formula is C29H36N6O2. The average Bonchev–Trinajstić information content (AvgIpc) is 3.73. The highest BCUT2D eigenvalue weighted by Crippen LogP contribution is 2.26. The monoisotopic (exact) mass is 500 g/mol. The average molecular weight is 501 g/mol. The van der Waals surface area contributed by atoms with Crippen LogP contribution in [0.2, 0.25) is 0 Å². The Morgan fingerprint density at radius 1 is 1.14 bits per heavy atom. The van der Waals surface area contributed by atoms with Crippen LogP contribution < -0.4 is 21.5 Å². The van der Waals surface area contributed by atoms with Crippen LogP contribution in [0.15, 0.2) is 65.7 Å². The molecule has 2 atom stereocenters. The van der Waals surface area contributed by atoms with Crippen molar-refractivity contribution in [1.29, 1.82) is 0 Å². The van der Waals surface area contributed by atoms with Gasteiger partial charge in [0, 0.05) is 56.7 Å². The second-order valence-electron chi connectivity index (χ2n) is 10.3. The summed E-state index contributed by atoms with van der Waals surface area (Å²) in [6.07, 6.45) is 5.36. The SMILES string of the molecule is Cc1ccc(C(=O)NC2CC2)cc1-n1ccnc(N[C@@H](c2ccccc2)[C@@H](C)CN2CCNCC2)c1=O. The third-order valence-corrected chi connectivity index (χ3v) is 7.26. The molecule has 2 aliphatic rings. The van der Waals surface area contributed by atoms with Crippen LogP contribution in [0.25, 0.3) is 5.69 Å². The number of benzene rings is 2. The minimum atomic E-state index is -0.236. The third kappa shape index (κ3) is 6.09. The first kappa shape index (κ1) is 25.2. The van der Waals surface area contributed by atoms with Crippen molar-refractivity contribution in [3.05, 3.63) is 88.0 Å². The molecule has 1 aliphatic carbocycles. The highest BCUT2D eigenvalue weighted by atomic mass is 16.2.